The highest BCUT2D eigenvalue weighted by Gasteiger charge is 2.26. The van der Waals surface area contributed by atoms with E-state index in [1.165, 1.54) is 0 Å². The van der Waals surface area contributed by atoms with E-state index < -0.39 is 18.0 Å². The number of para-hydroxylation sites is 1. The first-order valence-corrected chi connectivity index (χ1v) is 6.07. The number of ether oxygens (including phenoxy) is 1. The number of rotatable bonds is 4. The molecule has 1 aromatic carbocycles. The van der Waals surface area contributed by atoms with Crippen molar-refractivity contribution in [2.24, 2.45) is 0 Å². The van der Waals surface area contributed by atoms with Crippen LogP contribution in [0, 0.1) is 12.3 Å². The van der Waals surface area contributed by atoms with Gasteiger partial charge in [0, 0.05) is 12.0 Å². The molecule has 0 aliphatic carbocycles. The van der Waals surface area contributed by atoms with Crippen molar-refractivity contribution < 1.29 is 19.4 Å². The second kappa shape index (κ2) is 5.97. The topological polar surface area (TPSA) is 87.7 Å². The molecule has 1 aliphatic heterocycles. The van der Waals surface area contributed by atoms with E-state index in [1.54, 1.807) is 0 Å². The summed E-state index contributed by atoms with van der Waals surface area (Å²) >= 11 is 0. The molecule has 1 heterocycles. The molecule has 0 radical (unpaired) electrons. The van der Waals surface area contributed by atoms with Gasteiger partial charge in [-0.15, -0.1) is 12.3 Å². The minimum absolute atomic E-state index is 0.0689. The first kappa shape index (κ1) is 13.7. The van der Waals surface area contributed by atoms with E-state index in [2.05, 4.69) is 16.6 Å². The molecule has 0 saturated carbocycles. The zero-order valence-corrected chi connectivity index (χ0v) is 10.6. The molecular weight excluding hydrogens is 260 g/mol. The largest absolute Gasteiger partial charge is 0.491 e. The number of aliphatic carboxylic acids is 1. The van der Waals surface area contributed by atoms with E-state index in [4.69, 9.17) is 16.3 Å². The normalized spacial score (nSPS) is 17.2. The highest BCUT2D eigenvalue weighted by Crippen LogP contribution is 2.31. The van der Waals surface area contributed by atoms with Gasteiger partial charge in [-0.1, -0.05) is 18.2 Å². The molecule has 3 N–H and O–H groups in total. The Hall–Kier alpha value is -2.68. The number of benzene rings is 1. The highest BCUT2D eigenvalue weighted by atomic mass is 16.5. The molecule has 0 bridgehead atoms. The number of amides is 2. The van der Waals surface area contributed by atoms with Gasteiger partial charge >= 0.3 is 12.0 Å². The SMILES string of the molecule is C#CCC(NC(=O)NC1COc2ccccc21)C(=O)O. The molecule has 0 fully saturated rings. The number of carbonyl (C=O) groups is 2. The van der Waals surface area contributed by atoms with Crippen LogP contribution < -0.4 is 15.4 Å². The lowest BCUT2D eigenvalue weighted by Gasteiger charge is -2.16. The summed E-state index contributed by atoms with van der Waals surface area (Å²) in [6.07, 6.45) is 5.00. The van der Waals surface area contributed by atoms with Crippen molar-refractivity contribution in [3.63, 3.8) is 0 Å². The van der Waals surface area contributed by atoms with Crippen molar-refractivity contribution in [1.82, 2.24) is 10.6 Å². The van der Waals surface area contributed by atoms with E-state index in [0.29, 0.717) is 6.61 Å². The van der Waals surface area contributed by atoms with E-state index >= 15 is 0 Å². The van der Waals surface area contributed by atoms with Crippen LogP contribution >= 0.6 is 0 Å². The van der Waals surface area contributed by atoms with Gasteiger partial charge in [-0.05, 0) is 6.07 Å². The molecule has 2 atom stereocenters. The van der Waals surface area contributed by atoms with Gasteiger partial charge in [0.15, 0.2) is 0 Å². The van der Waals surface area contributed by atoms with Crippen molar-refractivity contribution in [2.45, 2.75) is 18.5 Å². The predicted octanol–water partition coefficient (Wildman–Crippen LogP) is 0.896. The summed E-state index contributed by atoms with van der Waals surface area (Å²) < 4.78 is 5.42. The lowest BCUT2D eigenvalue weighted by molar-refractivity contribution is -0.139. The number of fused-ring (bicyclic) bond motifs is 1. The van der Waals surface area contributed by atoms with Crippen LogP contribution in [0.3, 0.4) is 0 Å². The maximum atomic E-state index is 11.8. The summed E-state index contributed by atoms with van der Waals surface area (Å²) in [5.41, 5.74) is 0.867. The summed E-state index contributed by atoms with van der Waals surface area (Å²) in [7, 11) is 0. The summed E-state index contributed by atoms with van der Waals surface area (Å²) in [4.78, 5) is 22.7. The van der Waals surface area contributed by atoms with Gasteiger partial charge < -0.3 is 20.5 Å². The molecule has 20 heavy (non-hydrogen) atoms. The monoisotopic (exact) mass is 274 g/mol. The summed E-state index contributed by atoms with van der Waals surface area (Å²) in [5.74, 6) is 1.77. The first-order chi connectivity index (χ1) is 9.61. The fourth-order valence-electron chi connectivity index (χ4n) is 1.96. The molecule has 104 valence electrons. The van der Waals surface area contributed by atoms with Crippen LogP contribution in [0.25, 0.3) is 0 Å². The van der Waals surface area contributed by atoms with Crippen molar-refractivity contribution in [1.29, 1.82) is 0 Å². The second-order valence-electron chi connectivity index (χ2n) is 4.32. The fourth-order valence-corrected chi connectivity index (χ4v) is 1.96. The number of terminal acetylenes is 1. The van der Waals surface area contributed by atoms with Gasteiger partial charge in [0.25, 0.3) is 0 Å². The van der Waals surface area contributed by atoms with Crippen molar-refractivity contribution >= 4 is 12.0 Å². The van der Waals surface area contributed by atoms with Gasteiger partial charge in [-0.3, -0.25) is 0 Å². The lowest BCUT2D eigenvalue weighted by Crippen LogP contribution is -2.47. The Bertz CT molecular complexity index is 565. The van der Waals surface area contributed by atoms with E-state index in [0.717, 1.165) is 11.3 Å². The Morgan fingerprint density at radius 3 is 2.95 bits per heavy atom. The van der Waals surface area contributed by atoms with Gasteiger partial charge in [0.05, 0.1) is 6.04 Å². The molecule has 1 aromatic rings. The number of urea groups is 1. The molecule has 2 rings (SSSR count). The minimum atomic E-state index is -1.17. The Labute approximate surface area is 116 Å². The van der Waals surface area contributed by atoms with Crippen LogP contribution in [-0.4, -0.2) is 29.8 Å². The summed E-state index contributed by atoms with van der Waals surface area (Å²) in [6.45, 7) is 0.319. The second-order valence-corrected chi connectivity index (χ2v) is 4.32. The number of hydrogen-bond donors (Lipinski definition) is 3. The smallest absolute Gasteiger partial charge is 0.327 e. The number of carboxylic acid groups (broad SMARTS) is 1. The standard InChI is InChI=1S/C14H14N2O4/c1-2-5-10(13(17)18)15-14(19)16-11-8-20-12-7-4-3-6-9(11)12/h1,3-4,6-7,10-11H,5,8H2,(H,17,18)(H2,15,16,19). The number of hydrogen-bond acceptors (Lipinski definition) is 3. The third kappa shape index (κ3) is 3.01. The van der Waals surface area contributed by atoms with Gasteiger partial charge in [-0.2, -0.15) is 0 Å². The minimum Gasteiger partial charge on any atom is -0.491 e. The average Bonchev–Trinajstić information content (AvgIpc) is 2.81. The summed E-state index contributed by atoms with van der Waals surface area (Å²) in [6, 6.07) is 5.37. The van der Waals surface area contributed by atoms with Crippen LogP contribution in [0.5, 0.6) is 5.75 Å². The predicted molar refractivity (Wildman–Crippen MR) is 71.2 cm³/mol. The number of carboxylic acids is 1. The van der Waals surface area contributed by atoms with Crippen LogP contribution in [0.2, 0.25) is 0 Å². The van der Waals surface area contributed by atoms with E-state index in [9.17, 15) is 9.59 Å². The number of nitrogens with one attached hydrogen (secondary N) is 2. The average molecular weight is 274 g/mol. The van der Waals surface area contributed by atoms with Crippen LogP contribution in [0.4, 0.5) is 4.79 Å². The third-order valence-corrected chi connectivity index (χ3v) is 2.93. The lowest BCUT2D eigenvalue weighted by atomic mass is 10.1. The quantitative estimate of drug-likeness (QED) is 0.712. The molecular formula is C14H14N2O4. The van der Waals surface area contributed by atoms with Gasteiger partial charge in [0.2, 0.25) is 0 Å². The fraction of sp³-hybridized carbons (Fsp3) is 0.286. The maximum absolute atomic E-state index is 11.8. The molecule has 2 unspecified atom stereocenters. The molecule has 2 amide bonds. The van der Waals surface area contributed by atoms with Crippen molar-refractivity contribution in [3.8, 4) is 18.1 Å². The Balaban J connectivity index is 1.96. The number of carbonyl (C=O) groups excluding carboxylic acids is 1. The van der Waals surface area contributed by atoms with Crippen LogP contribution in [-0.2, 0) is 4.79 Å². The van der Waals surface area contributed by atoms with E-state index in [-0.39, 0.29) is 12.5 Å². The van der Waals surface area contributed by atoms with E-state index in [1.807, 2.05) is 24.3 Å². The Morgan fingerprint density at radius 1 is 1.50 bits per heavy atom. The highest BCUT2D eigenvalue weighted by molar-refractivity contribution is 5.83. The summed E-state index contributed by atoms with van der Waals surface area (Å²) in [5, 5.41) is 13.9. The van der Waals surface area contributed by atoms with Crippen LogP contribution in [0.15, 0.2) is 24.3 Å². The van der Waals surface area contributed by atoms with Gasteiger partial charge in [0.1, 0.15) is 18.4 Å². The van der Waals surface area contributed by atoms with Gasteiger partial charge in [-0.25, -0.2) is 9.59 Å². The first-order valence-electron chi connectivity index (χ1n) is 6.07. The third-order valence-electron chi connectivity index (χ3n) is 2.93. The zero-order chi connectivity index (χ0) is 14.5. The van der Waals surface area contributed by atoms with Crippen LogP contribution in [0.1, 0.15) is 18.0 Å². The van der Waals surface area contributed by atoms with Crippen molar-refractivity contribution in [2.75, 3.05) is 6.61 Å². The molecule has 1 aliphatic rings. The molecule has 0 spiro atoms. The molecule has 0 aromatic heterocycles. The maximum Gasteiger partial charge on any atom is 0.327 e. The Kier molecular flexibility index (Phi) is 4.11. The zero-order valence-electron chi connectivity index (χ0n) is 10.6. The Morgan fingerprint density at radius 2 is 2.25 bits per heavy atom. The molecule has 0 saturated heterocycles. The molecule has 6 heteroatoms. The van der Waals surface area contributed by atoms with Crippen molar-refractivity contribution in [3.05, 3.63) is 29.8 Å². The molecule has 6 nitrogen and oxygen atoms in total.